The van der Waals surface area contributed by atoms with Gasteiger partial charge in [0.05, 0.1) is 6.33 Å². The monoisotopic (exact) mass is 130 g/mol. The van der Waals surface area contributed by atoms with Crippen LogP contribution in [0.1, 0.15) is 0 Å². The molecule has 0 atom stereocenters. The number of halogens is 1. The third kappa shape index (κ3) is 5.63. The van der Waals surface area contributed by atoms with Crippen LogP contribution in [0.4, 0.5) is 4.39 Å². The van der Waals surface area contributed by atoms with Crippen molar-refractivity contribution >= 4 is 9.52 Å². The van der Waals surface area contributed by atoms with Gasteiger partial charge in [0.15, 0.2) is 0 Å². The van der Waals surface area contributed by atoms with Gasteiger partial charge in [-0.15, -0.1) is 6.58 Å². The minimum Gasteiger partial charge on any atom is -0.216 e. The molecule has 46 valence electrons. The van der Waals surface area contributed by atoms with Crippen LogP contribution in [0.25, 0.3) is 0 Å². The Balaban J connectivity index is 2.82. The van der Waals surface area contributed by atoms with Crippen molar-refractivity contribution in [3.05, 3.63) is 25.1 Å². The van der Waals surface area contributed by atoms with Crippen LogP contribution in [0.15, 0.2) is 25.1 Å². The molecule has 0 saturated carbocycles. The molecule has 8 heavy (non-hydrogen) atoms. The zero-order valence-electron chi connectivity index (χ0n) is 4.94. The molecule has 0 aromatic rings. The summed E-state index contributed by atoms with van der Waals surface area (Å²) in [6, 6.07) is 2.08. The van der Waals surface area contributed by atoms with Gasteiger partial charge in [0.1, 0.15) is 0 Å². The van der Waals surface area contributed by atoms with Crippen LogP contribution in [0.2, 0.25) is 12.1 Å². The lowest BCUT2D eigenvalue weighted by Gasteiger charge is -1.83. The van der Waals surface area contributed by atoms with E-state index in [1.54, 1.807) is 6.08 Å². The number of rotatable bonds is 4. The van der Waals surface area contributed by atoms with Crippen LogP contribution in [-0.4, -0.2) is 9.52 Å². The van der Waals surface area contributed by atoms with Gasteiger partial charge < -0.3 is 0 Å². The first kappa shape index (κ1) is 7.63. The van der Waals surface area contributed by atoms with Gasteiger partial charge in [-0.3, -0.25) is 0 Å². The van der Waals surface area contributed by atoms with Gasteiger partial charge in [-0.25, -0.2) is 4.39 Å². The number of allylic oxidation sites excluding steroid dienone is 2. The second-order valence-electron chi connectivity index (χ2n) is 1.58. The van der Waals surface area contributed by atoms with E-state index in [-0.39, 0.29) is 9.52 Å². The van der Waals surface area contributed by atoms with E-state index in [9.17, 15) is 4.39 Å². The Bertz CT molecular complexity index is 78.6. The van der Waals surface area contributed by atoms with Crippen LogP contribution in [0.3, 0.4) is 0 Å². The topological polar surface area (TPSA) is 0 Å². The molecule has 0 aromatic heterocycles. The first-order valence-electron chi connectivity index (χ1n) is 2.78. The maximum Gasteiger partial charge on any atom is 0.0824 e. The standard InChI is InChI=1S/C6H11FSi/c1-2-5-8-6-3-4-7/h2-4H,1,5-6,8H2. The van der Waals surface area contributed by atoms with E-state index in [4.69, 9.17) is 0 Å². The molecule has 0 heterocycles. The van der Waals surface area contributed by atoms with Crippen LogP contribution < -0.4 is 0 Å². The lowest BCUT2D eigenvalue weighted by atomic mass is 10.7. The highest BCUT2D eigenvalue weighted by atomic mass is 28.2. The third-order valence-corrected chi connectivity index (χ3v) is 2.43. The van der Waals surface area contributed by atoms with Crippen molar-refractivity contribution in [2.75, 3.05) is 0 Å². The Hall–Kier alpha value is -0.373. The normalized spacial score (nSPS) is 11.6. The summed E-state index contributed by atoms with van der Waals surface area (Å²) in [6.07, 6.45) is 4.10. The second-order valence-corrected chi connectivity index (χ2v) is 3.44. The molecule has 0 rings (SSSR count). The molecule has 0 N–H and O–H groups in total. The highest BCUT2D eigenvalue weighted by molar-refractivity contribution is 6.36. The van der Waals surface area contributed by atoms with Crippen molar-refractivity contribution < 1.29 is 4.39 Å². The Morgan fingerprint density at radius 1 is 1.50 bits per heavy atom. The van der Waals surface area contributed by atoms with Crippen LogP contribution in [0.5, 0.6) is 0 Å². The molecule has 0 aliphatic heterocycles. The van der Waals surface area contributed by atoms with Crippen molar-refractivity contribution in [3.63, 3.8) is 0 Å². The second kappa shape index (κ2) is 6.63. The summed E-state index contributed by atoms with van der Waals surface area (Å²) >= 11 is 0. The number of hydrogen-bond acceptors (Lipinski definition) is 0. The van der Waals surface area contributed by atoms with Crippen molar-refractivity contribution in [1.29, 1.82) is 0 Å². The zero-order valence-corrected chi connectivity index (χ0v) is 6.35. The highest BCUT2D eigenvalue weighted by Gasteiger charge is 1.78. The largest absolute Gasteiger partial charge is 0.216 e. The predicted molar refractivity (Wildman–Crippen MR) is 38.6 cm³/mol. The molecule has 0 aliphatic carbocycles. The van der Waals surface area contributed by atoms with Gasteiger partial charge in [0.2, 0.25) is 0 Å². The Kier molecular flexibility index (Phi) is 6.32. The molecule has 0 nitrogen and oxygen atoms in total. The van der Waals surface area contributed by atoms with E-state index in [0.717, 1.165) is 12.1 Å². The summed E-state index contributed by atoms with van der Waals surface area (Å²) < 4.78 is 11.2. The van der Waals surface area contributed by atoms with Crippen molar-refractivity contribution in [3.8, 4) is 0 Å². The lowest BCUT2D eigenvalue weighted by Crippen LogP contribution is -1.80. The molecule has 2 heteroatoms. The molecule has 0 aromatic carbocycles. The predicted octanol–water partition coefficient (Wildman–Crippen LogP) is 1.66. The molecule has 0 fully saturated rings. The first-order chi connectivity index (χ1) is 3.91. The van der Waals surface area contributed by atoms with E-state index in [1.165, 1.54) is 0 Å². The molecule has 0 aliphatic rings. The molecule has 0 bridgehead atoms. The van der Waals surface area contributed by atoms with Crippen LogP contribution in [0, 0.1) is 0 Å². The summed E-state index contributed by atoms with van der Waals surface area (Å²) in [5.74, 6) is 0. The summed E-state index contributed by atoms with van der Waals surface area (Å²) in [6.45, 7) is 3.58. The maximum atomic E-state index is 11.2. The molecule has 0 saturated heterocycles. The average Bonchev–Trinajstić information content (AvgIpc) is 1.81. The van der Waals surface area contributed by atoms with Gasteiger partial charge >= 0.3 is 0 Å². The zero-order chi connectivity index (χ0) is 6.24. The van der Waals surface area contributed by atoms with Crippen LogP contribution >= 0.6 is 0 Å². The molecule has 0 spiro atoms. The Labute approximate surface area is 51.9 Å². The number of hydrogen-bond donors (Lipinski definition) is 0. The Morgan fingerprint density at radius 3 is 2.75 bits per heavy atom. The SMILES string of the molecule is C=CC[SiH2]CC=CF. The van der Waals surface area contributed by atoms with Gasteiger partial charge in [-0.2, -0.15) is 0 Å². The van der Waals surface area contributed by atoms with E-state index >= 15 is 0 Å². The van der Waals surface area contributed by atoms with Crippen LogP contribution in [-0.2, 0) is 0 Å². The lowest BCUT2D eigenvalue weighted by molar-refractivity contribution is 0.719. The summed E-state index contributed by atoms with van der Waals surface area (Å²) in [5, 5.41) is 0. The van der Waals surface area contributed by atoms with E-state index in [0.29, 0.717) is 6.33 Å². The molecular formula is C6H11FSi. The minimum atomic E-state index is -0.0446. The average molecular weight is 130 g/mol. The fourth-order valence-corrected chi connectivity index (χ4v) is 1.33. The third-order valence-electron chi connectivity index (χ3n) is 0.868. The summed E-state index contributed by atoms with van der Waals surface area (Å²) in [4.78, 5) is 0. The molecule has 0 radical (unpaired) electrons. The molecule has 0 unspecified atom stereocenters. The van der Waals surface area contributed by atoms with Crippen molar-refractivity contribution in [1.82, 2.24) is 0 Å². The molecular weight excluding hydrogens is 119 g/mol. The fourth-order valence-electron chi connectivity index (χ4n) is 0.443. The Morgan fingerprint density at radius 2 is 2.25 bits per heavy atom. The van der Waals surface area contributed by atoms with Crippen molar-refractivity contribution in [2.24, 2.45) is 0 Å². The van der Waals surface area contributed by atoms with E-state index in [2.05, 4.69) is 6.58 Å². The summed E-state index contributed by atoms with van der Waals surface area (Å²) in [5.41, 5.74) is 0. The quantitative estimate of drug-likeness (QED) is 0.308. The fraction of sp³-hybridized carbons (Fsp3) is 0.333. The van der Waals surface area contributed by atoms with E-state index < -0.39 is 0 Å². The van der Waals surface area contributed by atoms with E-state index in [1.807, 2.05) is 6.08 Å². The van der Waals surface area contributed by atoms with Gasteiger partial charge in [-0.05, 0) is 12.1 Å². The van der Waals surface area contributed by atoms with Crippen molar-refractivity contribution in [2.45, 2.75) is 12.1 Å². The van der Waals surface area contributed by atoms with Gasteiger partial charge in [-0.1, -0.05) is 12.2 Å². The minimum absolute atomic E-state index is 0.0446. The maximum absolute atomic E-state index is 11.2. The summed E-state index contributed by atoms with van der Waals surface area (Å²) in [7, 11) is -0.0446. The van der Waals surface area contributed by atoms with Gasteiger partial charge in [0.25, 0.3) is 0 Å². The smallest absolute Gasteiger partial charge is 0.0824 e. The first-order valence-corrected chi connectivity index (χ1v) is 4.78. The van der Waals surface area contributed by atoms with Gasteiger partial charge in [0, 0.05) is 9.52 Å². The molecule has 0 amide bonds. The highest BCUT2D eigenvalue weighted by Crippen LogP contribution is 1.87.